The number of nitrogens with zero attached hydrogens (tertiary/aromatic N) is 2. The molecule has 4 aromatic rings. The van der Waals surface area contributed by atoms with E-state index in [-0.39, 0.29) is 29.8 Å². The fraction of sp³-hybridized carbons (Fsp3) is 0.316. The summed E-state index contributed by atoms with van der Waals surface area (Å²) in [6.07, 6.45) is 4.16. The van der Waals surface area contributed by atoms with Crippen LogP contribution in [0.2, 0.25) is 0 Å². The number of anilines is 1. The van der Waals surface area contributed by atoms with Gasteiger partial charge in [-0.3, -0.25) is 13.9 Å². The van der Waals surface area contributed by atoms with E-state index in [9.17, 15) is 18.0 Å². The van der Waals surface area contributed by atoms with Gasteiger partial charge in [-0.15, -0.1) is 0 Å². The molecule has 0 saturated heterocycles. The second-order valence-corrected chi connectivity index (χ2v) is 14.9. The second kappa shape index (κ2) is 16.3. The third-order valence-corrected chi connectivity index (χ3v) is 10.8. The van der Waals surface area contributed by atoms with Crippen LogP contribution in [-0.4, -0.2) is 50.4 Å². The first kappa shape index (κ1) is 35.2. The van der Waals surface area contributed by atoms with Crippen molar-refractivity contribution in [3.8, 4) is 5.75 Å². The maximum Gasteiger partial charge on any atom is 0.264 e. The molecule has 0 radical (unpaired) electrons. The molecule has 0 unspecified atom stereocenters. The Morgan fingerprint density at radius 3 is 2.21 bits per heavy atom. The summed E-state index contributed by atoms with van der Waals surface area (Å²) < 4.78 is 36.0. The first-order valence-corrected chi connectivity index (χ1v) is 18.6. The molecule has 2 amide bonds. The number of halogens is 1. The maximum absolute atomic E-state index is 14.7. The van der Waals surface area contributed by atoms with Gasteiger partial charge in [0, 0.05) is 23.5 Å². The molecule has 1 aliphatic carbocycles. The maximum atomic E-state index is 14.7. The molecule has 1 saturated carbocycles. The van der Waals surface area contributed by atoms with Crippen molar-refractivity contribution in [2.45, 2.75) is 69.5 Å². The quantitative estimate of drug-likeness (QED) is 0.150. The van der Waals surface area contributed by atoms with Gasteiger partial charge in [0.15, 0.2) is 0 Å². The zero-order chi connectivity index (χ0) is 34.1. The molecule has 0 aromatic heterocycles. The van der Waals surface area contributed by atoms with E-state index in [0.29, 0.717) is 18.0 Å². The normalized spacial score (nSPS) is 13.9. The topological polar surface area (TPSA) is 96.0 Å². The van der Waals surface area contributed by atoms with Crippen molar-refractivity contribution >= 4 is 43.5 Å². The van der Waals surface area contributed by atoms with Gasteiger partial charge in [-0.25, -0.2) is 8.42 Å². The van der Waals surface area contributed by atoms with Crippen molar-refractivity contribution in [3.63, 3.8) is 0 Å². The Kier molecular flexibility index (Phi) is 11.9. The molecule has 5 rings (SSSR count). The van der Waals surface area contributed by atoms with Crippen LogP contribution in [0, 0.1) is 6.92 Å². The minimum absolute atomic E-state index is 0.0393. The van der Waals surface area contributed by atoms with E-state index in [1.54, 1.807) is 41.3 Å². The lowest BCUT2D eigenvalue weighted by Crippen LogP contribution is -2.54. The van der Waals surface area contributed by atoms with E-state index < -0.39 is 28.5 Å². The number of ether oxygens (including phenoxy) is 1. The molecule has 1 atom stereocenters. The lowest BCUT2D eigenvalue weighted by molar-refractivity contribution is -0.140. The van der Waals surface area contributed by atoms with Gasteiger partial charge in [-0.2, -0.15) is 0 Å². The molecule has 1 N–H and O–H groups in total. The van der Waals surface area contributed by atoms with Crippen molar-refractivity contribution in [3.05, 3.63) is 124 Å². The fourth-order valence-electron chi connectivity index (χ4n) is 6.07. The highest BCUT2D eigenvalue weighted by Crippen LogP contribution is 2.28. The highest BCUT2D eigenvalue weighted by Gasteiger charge is 2.35. The first-order chi connectivity index (χ1) is 23.1. The molecule has 8 nitrogen and oxygen atoms in total. The summed E-state index contributed by atoms with van der Waals surface area (Å²) in [6.45, 7) is 3.92. The van der Waals surface area contributed by atoms with Crippen molar-refractivity contribution in [2.24, 2.45) is 0 Å². The molecule has 0 bridgehead atoms. The van der Waals surface area contributed by atoms with Crippen molar-refractivity contribution in [1.29, 1.82) is 0 Å². The summed E-state index contributed by atoms with van der Waals surface area (Å²) in [5.41, 5.74) is 3.07. The van der Waals surface area contributed by atoms with Crippen LogP contribution in [0.5, 0.6) is 5.75 Å². The van der Waals surface area contributed by atoms with Crippen molar-refractivity contribution in [2.75, 3.05) is 17.5 Å². The predicted molar refractivity (Wildman–Crippen MR) is 192 cm³/mol. The number of aryl methyl sites for hydroxylation is 1. The Hall–Kier alpha value is -4.15. The van der Waals surface area contributed by atoms with Crippen LogP contribution < -0.4 is 14.4 Å². The molecule has 4 aromatic carbocycles. The number of hydrogen-bond acceptors (Lipinski definition) is 5. The van der Waals surface area contributed by atoms with Gasteiger partial charge in [0.1, 0.15) is 18.3 Å². The summed E-state index contributed by atoms with van der Waals surface area (Å²) in [7, 11) is -4.20. The van der Waals surface area contributed by atoms with Crippen LogP contribution >= 0.6 is 15.9 Å². The number of rotatable bonds is 14. The fourth-order valence-corrected chi connectivity index (χ4v) is 7.74. The Morgan fingerprint density at radius 1 is 0.896 bits per heavy atom. The van der Waals surface area contributed by atoms with E-state index in [4.69, 9.17) is 4.74 Å². The van der Waals surface area contributed by atoms with E-state index in [1.165, 1.54) is 12.1 Å². The highest BCUT2D eigenvalue weighted by molar-refractivity contribution is 9.10. The number of carbonyl (C=O) groups is 2. The smallest absolute Gasteiger partial charge is 0.264 e. The van der Waals surface area contributed by atoms with Gasteiger partial charge >= 0.3 is 0 Å². The Balaban J connectivity index is 1.56. The van der Waals surface area contributed by atoms with Crippen LogP contribution in [0.4, 0.5) is 5.69 Å². The number of nitrogens with one attached hydrogen (secondary N) is 1. The molecule has 1 fully saturated rings. The average Bonchev–Trinajstić information content (AvgIpc) is 3.59. The first-order valence-electron chi connectivity index (χ1n) is 16.3. The number of sulfonamides is 1. The molecule has 1 aliphatic rings. The van der Waals surface area contributed by atoms with E-state index >= 15 is 0 Å². The molecular formula is C38H42BrN3O5S. The number of carbonyl (C=O) groups excluding carboxylic acids is 2. The van der Waals surface area contributed by atoms with E-state index in [2.05, 4.69) is 21.2 Å². The molecule has 10 heteroatoms. The van der Waals surface area contributed by atoms with Gasteiger partial charge in [0.05, 0.1) is 17.2 Å². The number of benzene rings is 4. The Labute approximate surface area is 292 Å². The Morgan fingerprint density at radius 2 is 1.56 bits per heavy atom. The summed E-state index contributed by atoms with van der Waals surface area (Å²) in [5, 5.41) is 3.21. The number of amides is 2. The zero-order valence-electron chi connectivity index (χ0n) is 27.3. The molecule has 0 heterocycles. The van der Waals surface area contributed by atoms with Crippen LogP contribution in [-0.2, 0) is 32.6 Å². The predicted octanol–water partition coefficient (Wildman–Crippen LogP) is 7.05. The average molecular weight is 733 g/mol. The molecule has 0 aliphatic heterocycles. The summed E-state index contributed by atoms with van der Waals surface area (Å²) in [4.78, 5) is 30.4. The molecular weight excluding hydrogens is 690 g/mol. The van der Waals surface area contributed by atoms with Gasteiger partial charge in [-0.1, -0.05) is 88.9 Å². The largest absolute Gasteiger partial charge is 0.494 e. The van der Waals surface area contributed by atoms with Crippen LogP contribution in [0.25, 0.3) is 0 Å². The molecule has 48 heavy (non-hydrogen) atoms. The van der Waals surface area contributed by atoms with Gasteiger partial charge in [0.2, 0.25) is 11.8 Å². The van der Waals surface area contributed by atoms with Gasteiger partial charge in [0.25, 0.3) is 10.0 Å². The van der Waals surface area contributed by atoms with Crippen LogP contribution in [0.3, 0.4) is 0 Å². The van der Waals surface area contributed by atoms with Gasteiger partial charge in [-0.05, 0) is 86.3 Å². The highest BCUT2D eigenvalue weighted by atomic mass is 79.9. The van der Waals surface area contributed by atoms with Crippen molar-refractivity contribution in [1.82, 2.24) is 10.2 Å². The minimum Gasteiger partial charge on any atom is -0.494 e. The molecule has 252 valence electrons. The summed E-state index contributed by atoms with van der Waals surface area (Å²) >= 11 is 3.38. The van der Waals surface area contributed by atoms with E-state index in [0.717, 1.165) is 51.2 Å². The zero-order valence-corrected chi connectivity index (χ0v) is 29.8. The summed E-state index contributed by atoms with van der Waals surface area (Å²) in [6, 6.07) is 29.5. The monoisotopic (exact) mass is 731 g/mol. The standard InChI is InChI=1S/C38H42BrN3O5S/c1-3-47-34-20-18-33(19-21-34)42(48(45,46)35-22-16-31(39)17-23-35)27-37(43)41(26-30-13-9-10-28(2)24-30)36(25-29-11-5-4-6-12-29)38(44)40-32-14-7-8-15-32/h4-6,9-13,16-24,32,36H,3,7-8,14-15,25-27H2,1-2H3,(H,40,44)/t36-/m0/s1. The Bertz CT molecular complexity index is 1780. The third kappa shape index (κ3) is 9.05. The van der Waals surface area contributed by atoms with E-state index in [1.807, 2.05) is 68.4 Å². The second-order valence-electron chi connectivity index (χ2n) is 12.1. The minimum atomic E-state index is -4.20. The lowest BCUT2D eigenvalue weighted by Gasteiger charge is -2.34. The molecule has 0 spiro atoms. The SMILES string of the molecule is CCOc1ccc(N(CC(=O)N(Cc2cccc(C)c2)[C@@H](Cc2ccccc2)C(=O)NC2CCCC2)S(=O)(=O)c2ccc(Br)cc2)cc1. The summed E-state index contributed by atoms with van der Waals surface area (Å²) in [5.74, 6) is -0.148. The number of hydrogen-bond donors (Lipinski definition) is 1. The van der Waals surface area contributed by atoms with Crippen molar-refractivity contribution < 1.29 is 22.7 Å². The third-order valence-electron chi connectivity index (χ3n) is 8.52. The lowest BCUT2D eigenvalue weighted by atomic mass is 10.0. The van der Waals surface area contributed by atoms with Crippen LogP contribution in [0.1, 0.15) is 49.3 Å². The van der Waals surface area contributed by atoms with Crippen LogP contribution in [0.15, 0.2) is 112 Å². The van der Waals surface area contributed by atoms with Gasteiger partial charge < -0.3 is 15.0 Å².